The Morgan fingerprint density at radius 2 is 1.63 bits per heavy atom. The Kier molecular flexibility index (Phi) is 7.62. The van der Waals surface area contributed by atoms with Gasteiger partial charge in [0.05, 0.1) is 10.6 Å². The highest BCUT2D eigenvalue weighted by atomic mass is 127. The highest BCUT2D eigenvalue weighted by molar-refractivity contribution is 14.1. The van der Waals surface area contributed by atoms with Crippen molar-refractivity contribution in [2.45, 2.75) is 11.4 Å². The summed E-state index contributed by atoms with van der Waals surface area (Å²) in [6, 6.07) is 19.9. The molecule has 0 saturated carbocycles. The smallest absolute Gasteiger partial charge is 0.264 e. The molecule has 0 radical (unpaired) electrons. The van der Waals surface area contributed by atoms with E-state index in [1.807, 2.05) is 0 Å². The predicted molar refractivity (Wildman–Crippen MR) is 128 cm³/mol. The number of carbonyl (C=O) groups excluding carboxylic acids is 1. The lowest BCUT2D eigenvalue weighted by atomic mass is 10.2. The molecule has 0 spiro atoms. The minimum Gasteiger partial charge on any atom is -0.350 e. The first kappa shape index (κ1) is 22.9. The van der Waals surface area contributed by atoms with E-state index >= 15 is 0 Å². The molecule has 0 aromatic heterocycles. The number of carbonyl (C=O) groups is 1. The zero-order valence-corrected chi connectivity index (χ0v) is 20.0. The third-order valence-corrected chi connectivity index (χ3v) is 7.32. The average Bonchev–Trinajstić information content (AvgIpc) is 2.73. The maximum Gasteiger partial charge on any atom is 0.264 e. The van der Waals surface area contributed by atoms with Gasteiger partial charge in [-0.25, -0.2) is 8.42 Å². The van der Waals surface area contributed by atoms with Gasteiger partial charge in [0.25, 0.3) is 10.0 Å². The number of hydrogen-bond acceptors (Lipinski definition) is 3. The Morgan fingerprint density at radius 3 is 2.27 bits per heavy atom. The number of hydrogen-bond donors (Lipinski definition) is 1. The number of halogens is 3. The van der Waals surface area contributed by atoms with Crippen molar-refractivity contribution in [2.24, 2.45) is 0 Å². The van der Waals surface area contributed by atoms with Crippen LogP contribution in [-0.2, 0) is 21.4 Å². The van der Waals surface area contributed by atoms with E-state index in [4.69, 9.17) is 23.2 Å². The molecule has 0 unspecified atom stereocenters. The van der Waals surface area contributed by atoms with Crippen LogP contribution in [0.5, 0.6) is 0 Å². The van der Waals surface area contributed by atoms with Crippen LogP contribution in [0, 0.1) is 3.57 Å². The van der Waals surface area contributed by atoms with E-state index in [1.54, 1.807) is 60.7 Å². The zero-order valence-electron chi connectivity index (χ0n) is 15.6. The molecule has 30 heavy (non-hydrogen) atoms. The lowest BCUT2D eigenvalue weighted by Crippen LogP contribution is -2.40. The summed E-state index contributed by atoms with van der Waals surface area (Å²) in [4.78, 5) is 12.7. The summed E-state index contributed by atoms with van der Waals surface area (Å²) < 4.78 is 28.5. The molecule has 1 amide bonds. The summed E-state index contributed by atoms with van der Waals surface area (Å²) in [5.41, 5.74) is 1.08. The monoisotopic (exact) mass is 574 g/mol. The fraction of sp³-hybridized carbons (Fsp3) is 0.0952. The number of benzene rings is 3. The van der Waals surface area contributed by atoms with Gasteiger partial charge in [-0.3, -0.25) is 9.10 Å². The van der Waals surface area contributed by atoms with Gasteiger partial charge in [-0.1, -0.05) is 47.5 Å². The molecular formula is C21H17Cl2IN2O3S. The second kappa shape index (κ2) is 10.00. The Morgan fingerprint density at radius 1 is 0.967 bits per heavy atom. The molecule has 0 aliphatic carbocycles. The van der Waals surface area contributed by atoms with Crippen LogP contribution in [0.25, 0.3) is 0 Å². The lowest BCUT2D eigenvalue weighted by molar-refractivity contribution is -0.119. The molecule has 3 aromatic rings. The van der Waals surface area contributed by atoms with Gasteiger partial charge in [-0.15, -0.1) is 0 Å². The van der Waals surface area contributed by atoms with Gasteiger partial charge in [0.1, 0.15) is 6.54 Å². The van der Waals surface area contributed by atoms with Crippen molar-refractivity contribution >= 4 is 67.4 Å². The van der Waals surface area contributed by atoms with Crippen LogP contribution in [0.4, 0.5) is 5.69 Å². The van der Waals surface area contributed by atoms with Gasteiger partial charge in [0.2, 0.25) is 5.91 Å². The highest BCUT2D eigenvalue weighted by Crippen LogP contribution is 2.25. The number of sulfonamides is 1. The highest BCUT2D eigenvalue weighted by Gasteiger charge is 2.27. The molecule has 0 atom stereocenters. The second-order valence-electron chi connectivity index (χ2n) is 6.31. The molecule has 0 heterocycles. The fourth-order valence-electron chi connectivity index (χ4n) is 2.69. The van der Waals surface area contributed by atoms with E-state index in [1.165, 1.54) is 12.1 Å². The summed E-state index contributed by atoms with van der Waals surface area (Å²) in [5, 5.41) is 3.64. The molecule has 0 saturated heterocycles. The molecule has 0 fully saturated rings. The summed E-state index contributed by atoms with van der Waals surface area (Å²) >= 11 is 14.2. The normalized spacial score (nSPS) is 11.2. The molecule has 3 aromatic carbocycles. The number of anilines is 1. The van der Waals surface area contributed by atoms with E-state index in [9.17, 15) is 13.2 Å². The largest absolute Gasteiger partial charge is 0.350 e. The van der Waals surface area contributed by atoms with Crippen LogP contribution >= 0.6 is 45.8 Å². The van der Waals surface area contributed by atoms with Gasteiger partial charge in [-0.2, -0.15) is 0 Å². The average molecular weight is 575 g/mol. The van der Waals surface area contributed by atoms with E-state index in [0.29, 0.717) is 21.3 Å². The van der Waals surface area contributed by atoms with Crippen LogP contribution in [0.3, 0.4) is 0 Å². The van der Waals surface area contributed by atoms with Gasteiger partial charge in [0.15, 0.2) is 0 Å². The van der Waals surface area contributed by atoms with Gasteiger partial charge in [-0.05, 0) is 76.7 Å². The van der Waals surface area contributed by atoms with E-state index in [-0.39, 0.29) is 18.0 Å². The first-order valence-corrected chi connectivity index (χ1v) is 12.1. The Bertz CT molecular complexity index is 1140. The predicted octanol–water partition coefficient (Wildman–Crippen LogP) is 5.11. The molecule has 0 bridgehead atoms. The van der Waals surface area contributed by atoms with Crippen LogP contribution in [0.1, 0.15) is 5.56 Å². The quantitative estimate of drug-likeness (QED) is 0.399. The van der Waals surface area contributed by atoms with E-state index in [0.717, 1.165) is 7.88 Å². The summed E-state index contributed by atoms with van der Waals surface area (Å²) in [5.74, 6) is -0.459. The number of amides is 1. The van der Waals surface area contributed by atoms with Crippen molar-refractivity contribution in [3.05, 3.63) is 92.0 Å². The van der Waals surface area contributed by atoms with Gasteiger partial charge >= 0.3 is 0 Å². The topological polar surface area (TPSA) is 66.5 Å². The molecule has 3 rings (SSSR count). The number of nitrogens with one attached hydrogen (secondary N) is 1. The zero-order chi connectivity index (χ0) is 21.7. The maximum absolute atomic E-state index is 13.2. The fourth-order valence-corrected chi connectivity index (χ4v) is 4.96. The van der Waals surface area contributed by atoms with Crippen molar-refractivity contribution in [3.8, 4) is 0 Å². The first-order chi connectivity index (χ1) is 14.3. The standard InChI is InChI=1S/C21H17Cl2IN2O3S/c22-16-7-6-15(20(23)12-16)13-25-21(27)14-26(18-10-8-17(24)9-11-18)30(28,29)19-4-2-1-3-5-19/h1-12H,13-14H2,(H,25,27). The molecule has 0 aliphatic heterocycles. The molecule has 0 aliphatic rings. The van der Waals surface area contributed by atoms with Crippen molar-refractivity contribution in [1.82, 2.24) is 5.32 Å². The Balaban J connectivity index is 1.83. The third kappa shape index (κ3) is 5.66. The Hall–Kier alpha value is -1.81. The minimum atomic E-state index is -3.93. The molecule has 156 valence electrons. The summed E-state index contributed by atoms with van der Waals surface area (Å²) in [7, 11) is -3.93. The van der Waals surface area contributed by atoms with E-state index < -0.39 is 15.9 Å². The van der Waals surface area contributed by atoms with Crippen LogP contribution in [0.15, 0.2) is 77.7 Å². The molecule has 1 N–H and O–H groups in total. The van der Waals surface area contributed by atoms with Crippen molar-refractivity contribution < 1.29 is 13.2 Å². The van der Waals surface area contributed by atoms with Gasteiger partial charge in [0, 0.05) is 20.2 Å². The van der Waals surface area contributed by atoms with E-state index in [2.05, 4.69) is 27.9 Å². The first-order valence-electron chi connectivity index (χ1n) is 8.81. The second-order valence-corrected chi connectivity index (χ2v) is 10.3. The van der Waals surface area contributed by atoms with Crippen molar-refractivity contribution in [1.29, 1.82) is 0 Å². The molecule has 5 nitrogen and oxygen atoms in total. The Labute approximate surface area is 199 Å². The number of rotatable bonds is 7. The van der Waals surface area contributed by atoms with Crippen molar-refractivity contribution in [2.75, 3.05) is 10.8 Å². The molecular weight excluding hydrogens is 558 g/mol. The van der Waals surface area contributed by atoms with Crippen LogP contribution < -0.4 is 9.62 Å². The lowest BCUT2D eigenvalue weighted by Gasteiger charge is -2.24. The maximum atomic E-state index is 13.2. The van der Waals surface area contributed by atoms with Crippen molar-refractivity contribution in [3.63, 3.8) is 0 Å². The minimum absolute atomic E-state index is 0.108. The molecule has 9 heteroatoms. The van der Waals surface area contributed by atoms with Crippen LogP contribution in [0.2, 0.25) is 10.0 Å². The van der Waals surface area contributed by atoms with Gasteiger partial charge < -0.3 is 5.32 Å². The summed E-state index contributed by atoms with van der Waals surface area (Å²) in [6.07, 6.45) is 0. The number of nitrogens with zero attached hydrogens (tertiary/aromatic N) is 1. The SMILES string of the molecule is O=C(CN(c1ccc(I)cc1)S(=O)(=O)c1ccccc1)NCc1ccc(Cl)cc1Cl. The summed E-state index contributed by atoms with van der Waals surface area (Å²) in [6.45, 7) is -0.218. The third-order valence-electron chi connectivity index (χ3n) is 4.22. The van der Waals surface area contributed by atoms with Crippen LogP contribution in [-0.4, -0.2) is 20.9 Å².